The van der Waals surface area contributed by atoms with Crippen LogP contribution >= 0.6 is 11.6 Å². The minimum atomic E-state index is 0.267. The van der Waals surface area contributed by atoms with Crippen molar-refractivity contribution in [1.29, 1.82) is 0 Å². The molecule has 0 saturated heterocycles. The van der Waals surface area contributed by atoms with Gasteiger partial charge in [-0.2, -0.15) is 4.98 Å². The Balaban J connectivity index is 2.38. The first-order valence-corrected chi connectivity index (χ1v) is 7.98. The lowest BCUT2D eigenvalue weighted by Gasteiger charge is -2.17. The molecule has 0 fully saturated rings. The molecule has 5 nitrogen and oxygen atoms in total. The molecule has 2 aromatic rings. The molecule has 0 amide bonds. The Bertz CT molecular complexity index is 643. The normalized spacial score (nSPS) is 12.2. The highest BCUT2D eigenvalue weighted by atomic mass is 35.5. The van der Waals surface area contributed by atoms with Gasteiger partial charge in [0.2, 0.25) is 0 Å². The van der Waals surface area contributed by atoms with Crippen LogP contribution in [0.1, 0.15) is 25.8 Å². The van der Waals surface area contributed by atoms with Gasteiger partial charge in [0.05, 0.1) is 24.9 Å². The molecule has 23 heavy (non-hydrogen) atoms. The number of methoxy groups -OCH3 is 3. The standard InChI is InChI=1S/C17H23ClN2O3/c1-5-12(8-9-21-2)20-11-16(19-17(20)23-4)14-7-6-13(22-3)10-15(14)18/h6-7,10-12H,5,8-9H2,1-4H3. The van der Waals surface area contributed by atoms with Crippen molar-refractivity contribution in [3.63, 3.8) is 0 Å². The van der Waals surface area contributed by atoms with E-state index in [1.807, 2.05) is 18.3 Å². The Morgan fingerprint density at radius 2 is 2.00 bits per heavy atom. The fourth-order valence-electron chi connectivity index (χ4n) is 2.54. The molecule has 0 aliphatic rings. The van der Waals surface area contributed by atoms with Crippen LogP contribution in [0.2, 0.25) is 5.02 Å². The first kappa shape index (κ1) is 17.6. The van der Waals surface area contributed by atoms with Gasteiger partial charge in [0.1, 0.15) is 5.75 Å². The molecule has 0 saturated carbocycles. The summed E-state index contributed by atoms with van der Waals surface area (Å²) in [6.45, 7) is 2.83. The van der Waals surface area contributed by atoms with Gasteiger partial charge in [-0.3, -0.25) is 4.57 Å². The van der Waals surface area contributed by atoms with Crippen LogP contribution in [0.25, 0.3) is 11.3 Å². The van der Waals surface area contributed by atoms with Crippen molar-refractivity contribution >= 4 is 11.6 Å². The molecule has 1 heterocycles. The molecule has 0 bridgehead atoms. The highest BCUT2D eigenvalue weighted by Crippen LogP contribution is 2.33. The number of ether oxygens (including phenoxy) is 3. The third-order valence-electron chi connectivity index (χ3n) is 3.85. The first-order valence-electron chi connectivity index (χ1n) is 7.60. The van der Waals surface area contributed by atoms with Crippen LogP contribution in [0, 0.1) is 0 Å². The highest BCUT2D eigenvalue weighted by molar-refractivity contribution is 6.33. The van der Waals surface area contributed by atoms with E-state index in [0.29, 0.717) is 17.6 Å². The number of hydrogen-bond acceptors (Lipinski definition) is 4. The lowest BCUT2D eigenvalue weighted by Crippen LogP contribution is -2.11. The van der Waals surface area contributed by atoms with E-state index in [4.69, 9.17) is 25.8 Å². The van der Waals surface area contributed by atoms with Gasteiger partial charge in [-0.25, -0.2) is 0 Å². The quantitative estimate of drug-likeness (QED) is 0.723. The average Bonchev–Trinajstić information content (AvgIpc) is 2.99. The lowest BCUT2D eigenvalue weighted by atomic mass is 10.1. The Kier molecular flexibility index (Phi) is 6.30. The average molecular weight is 339 g/mol. The van der Waals surface area contributed by atoms with Crippen LogP contribution in [0.5, 0.6) is 11.8 Å². The Labute approximate surface area is 142 Å². The maximum atomic E-state index is 6.35. The minimum absolute atomic E-state index is 0.267. The van der Waals surface area contributed by atoms with Crippen LogP contribution in [0.15, 0.2) is 24.4 Å². The fraction of sp³-hybridized carbons (Fsp3) is 0.471. The van der Waals surface area contributed by atoms with Crippen LogP contribution in [0.3, 0.4) is 0 Å². The predicted molar refractivity (Wildman–Crippen MR) is 91.6 cm³/mol. The number of aromatic nitrogens is 2. The highest BCUT2D eigenvalue weighted by Gasteiger charge is 2.18. The number of imidazole rings is 1. The molecule has 0 spiro atoms. The summed E-state index contributed by atoms with van der Waals surface area (Å²) in [4.78, 5) is 4.57. The van der Waals surface area contributed by atoms with Crippen molar-refractivity contribution in [1.82, 2.24) is 9.55 Å². The Morgan fingerprint density at radius 3 is 2.57 bits per heavy atom. The largest absolute Gasteiger partial charge is 0.497 e. The van der Waals surface area contributed by atoms with Crippen LogP contribution in [-0.4, -0.2) is 37.5 Å². The van der Waals surface area contributed by atoms with Gasteiger partial charge >= 0.3 is 0 Å². The second-order valence-corrected chi connectivity index (χ2v) is 5.62. The third-order valence-corrected chi connectivity index (χ3v) is 4.17. The molecule has 126 valence electrons. The van der Waals surface area contributed by atoms with Crippen LogP contribution in [0.4, 0.5) is 0 Å². The Morgan fingerprint density at radius 1 is 1.22 bits per heavy atom. The van der Waals surface area contributed by atoms with Gasteiger partial charge in [-0.15, -0.1) is 0 Å². The van der Waals surface area contributed by atoms with Gasteiger partial charge in [0.25, 0.3) is 6.01 Å². The summed E-state index contributed by atoms with van der Waals surface area (Å²) in [5, 5.41) is 0.599. The van der Waals surface area contributed by atoms with Crippen molar-refractivity contribution in [2.24, 2.45) is 0 Å². The van der Waals surface area contributed by atoms with Crippen LogP contribution < -0.4 is 9.47 Å². The van der Waals surface area contributed by atoms with E-state index in [2.05, 4.69) is 16.5 Å². The van der Waals surface area contributed by atoms with E-state index in [1.54, 1.807) is 27.4 Å². The van der Waals surface area contributed by atoms with Gasteiger partial charge in [-0.05, 0) is 31.0 Å². The zero-order valence-electron chi connectivity index (χ0n) is 14.0. The van der Waals surface area contributed by atoms with Gasteiger partial charge in [-0.1, -0.05) is 18.5 Å². The molecular weight excluding hydrogens is 316 g/mol. The number of rotatable bonds is 8. The second-order valence-electron chi connectivity index (χ2n) is 5.21. The zero-order chi connectivity index (χ0) is 16.8. The van der Waals surface area contributed by atoms with E-state index < -0.39 is 0 Å². The molecule has 2 rings (SSSR count). The van der Waals surface area contributed by atoms with E-state index in [-0.39, 0.29) is 6.04 Å². The minimum Gasteiger partial charge on any atom is -0.497 e. The summed E-state index contributed by atoms with van der Waals surface area (Å²) < 4.78 is 17.9. The topological polar surface area (TPSA) is 45.5 Å². The summed E-state index contributed by atoms with van der Waals surface area (Å²) >= 11 is 6.35. The van der Waals surface area contributed by atoms with Gasteiger partial charge in [0, 0.05) is 31.5 Å². The SMILES string of the molecule is CCC(CCOC)n1cc(-c2ccc(OC)cc2Cl)nc1OC. The monoisotopic (exact) mass is 338 g/mol. The van der Waals surface area contributed by atoms with Crippen molar-refractivity contribution in [3.05, 3.63) is 29.4 Å². The van der Waals surface area contributed by atoms with Crippen molar-refractivity contribution in [2.75, 3.05) is 27.9 Å². The van der Waals surface area contributed by atoms with E-state index >= 15 is 0 Å². The number of nitrogens with zero attached hydrogens (tertiary/aromatic N) is 2. The summed E-state index contributed by atoms with van der Waals surface area (Å²) in [5.41, 5.74) is 1.64. The Hall–Kier alpha value is -1.72. The molecule has 0 N–H and O–H groups in total. The molecule has 1 aromatic heterocycles. The van der Waals surface area contributed by atoms with Crippen molar-refractivity contribution < 1.29 is 14.2 Å². The molecule has 0 aliphatic heterocycles. The lowest BCUT2D eigenvalue weighted by molar-refractivity contribution is 0.174. The van der Waals surface area contributed by atoms with Gasteiger partial charge < -0.3 is 14.2 Å². The summed E-state index contributed by atoms with van der Waals surface area (Å²) in [6, 6.07) is 6.40. The third kappa shape index (κ3) is 3.98. The summed E-state index contributed by atoms with van der Waals surface area (Å²) in [7, 11) is 4.95. The molecule has 1 atom stereocenters. The maximum Gasteiger partial charge on any atom is 0.296 e. The molecular formula is C17H23ClN2O3. The summed E-state index contributed by atoms with van der Waals surface area (Å²) in [5.74, 6) is 0.719. The van der Waals surface area contributed by atoms with Crippen molar-refractivity contribution in [2.45, 2.75) is 25.8 Å². The van der Waals surface area contributed by atoms with E-state index in [0.717, 1.165) is 29.8 Å². The number of benzene rings is 1. The van der Waals surface area contributed by atoms with Crippen LogP contribution in [-0.2, 0) is 4.74 Å². The summed E-state index contributed by atoms with van der Waals surface area (Å²) in [6.07, 6.45) is 3.84. The number of halogens is 1. The van der Waals surface area contributed by atoms with E-state index in [9.17, 15) is 0 Å². The second kappa shape index (κ2) is 8.22. The molecule has 0 radical (unpaired) electrons. The zero-order valence-corrected chi connectivity index (χ0v) is 14.8. The smallest absolute Gasteiger partial charge is 0.296 e. The predicted octanol–water partition coefficient (Wildman–Crippen LogP) is 4.21. The fourth-order valence-corrected chi connectivity index (χ4v) is 2.81. The first-order chi connectivity index (χ1) is 11.1. The van der Waals surface area contributed by atoms with Crippen molar-refractivity contribution in [3.8, 4) is 23.0 Å². The molecule has 1 aromatic carbocycles. The maximum absolute atomic E-state index is 6.35. The van der Waals surface area contributed by atoms with Gasteiger partial charge in [0.15, 0.2) is 0 Å². The molecule has 0 aliphatic carbocycles. The number of hydrogen-bond donors (Lipinski definition) is 0. The molecule has 1 unspecified atom stereocenters. The molecule has 6 heteroatoms. The van der Waals surface area contributed by atoms with E-state index in [1.165, 1.54) is 0 Å².